The molecule has 0 aliphatic carbocycles. The van der Waals surface area contributed by atoms with Crippen molar-refractivity contribution in [3.63, 3.8) is 0 Å². The highest BCUT2D eigenvalue weighted by Crippen LogP contribution is 2.19. The summed E-state index contributed by atoms with van der Waals surface area (Å²) in [5.41, 5.74) is 3.98. The van der Waals surface area contributed by atoms with Crippen molar-refractivity contribution in [3.8, 4) is 11.1 Å². The maximum atomic E-state index is 2.33. The maximum Gasteiger partial charge on any atom is 0.154 e. The molecule has 2 aromatic carbocycles. The smallest absolute Gasteiger partial charge is 0.0849 e. The fourth-order valence-electron chi connectivity index (χ4n) is 1.58. The Morgan fingerprint density at radius 1 is 0.800 bits per heavy atom. The highest BCUT2D eigenvalue weighted by Gasteiger charge is 1.97. The molecule has 0 radical (unpaired) electrons. The molecule has 0 unspecified atom stereocenters. The van der Waals surface area contributed by atoms with E-state index in [1.54, 1.807) is 0 Å². The van der Waals surface area contributed by atoms with Gasteiger partial charge < -0.3 is 0 Å². The van der Waals surface area contributed by atoms with E-state index in [0.717, 1.165) is 7.28 Å². The second-order valence-corrected chi connectivity index (χ2v) is 4.80. The third kappa shape index (κ3) is 2.62. The lowest BCUT2D eigenvalue weighted by Gasteiger charge is -2.02. The average molecular weight is 306 g/mol. The van der Waals surface area contributed by atoms with Gasteiger partial charge in [-0.05, 0) is 45.9 Å². The van der Waals surface area contributed by atoms with Crippen molar-refractivity contribution >= 4 is 35.3 Å². The van der Waals surface area contributed by atoms with E-state index in [4.69, 9.17) is 0 Å². The van der Waals surface area contributed by atoms with Gasteiger partial charge in [-0.25, -0.2) is 0 Å². The summed E-state index contributed by atoms with van der Waals surface area (Å²) >= 11 is 2.33. The molecule has 0 nitrogen and oxygen atoms in total. The van der Waals surface area contributed by atoms with E-state index in [2.05, 4.69) is 77.9 Å². The average Bonchev–Trinajstić information content (AvgIpc) is 2.30. The van der Waals surface area contributed by atoms with Gasteiger partial charge in [0.2, 0.25) is 0 Å². The summed E-state index contributed by atoms with van der Waals surface area (Å²) in [6, 6.07) is 17.4. The predicted molar refractivity (Wildman–Crippen MR) is 77.2 cm³/mol. The van der Waals surface area contributed by atoms with Crippen LogP contribution >= 0.6 is 22.6 Å². The Kier molecular flexibility index (Phi) is 3.47. The van der Waals surface area contributed by atoms with Crippen molar-refractivity contribution in [2.24, 2.45) is 0 Å². The van der Waals surface area contributed by atoms with Gasteiger partial charge in [-0.15, -0.1) is 0 Å². The summed E-state index contributed by atoms with van der Waals surface area (Å²) in [4.78, 5) is 0. The lowest BCUT2D eigenvalue weighted by Crippen LogP contribution is -2.08. The number of halogens is 1. The normalized spacial score (nSPS) is 10.0. The predicted octanol–water partition coefficient (Wildman–Crippen LogP) is 3.07. The zero-order valence-corrected chi connectivity index (χ0v) is 10.9. The zero-order valence-electron chi connectivity index (χ0n) is 8.70. The third-order valence-electron chi connectivity index (χ3n) is 2.54. The molecular formula is C13H12BI. The summed E-state index contributed by atoms with van der Waals surface area (Å²) in [7, 11) is 1.10. The topological polar surface area (TPSA) is 0 Å². The van der Waals surface area contributed by atoms with Gasteiger partial charge in [-0.3, -0.25) is 0 Å². The Morgan fingerprint density at radius 3 is 1.73 bits per heavy atom. The van der Waals surface area contributed by atoms with E-state index in [9.17, 15) is 0 Å². The summed E-state index contributed by atoms with van der Waals surface area (Å²) in [6.45, 7) is 2.18. The SMILES string of the molecule is CBc1ccc(-c2ccc(I)cc2)cc1. The number of benzene rings is 2. The molecule has 0 aliphatic rings. The maximum absolute atomic E-state index is 2.33. The van der Waals surface area contributed by atoms with Crippen LogP contribution in [-0.4, -0.2) is 7.28 Å². The van der Waals surface area contributed by atoms with Gasteiger partial charge in [-0.2, -0.15) is 0 Å². The number of rotatable bonds is 2. The van der Waals surface area contributed by atoms with E-state index >= 15 is 0 Å². The lowest BCUT2D eigenvalue weighted by molar-refractivity contribution is 1.60. The van der Waals surface area contributed by atoms with Crippen molar-refractivity contribution < 1.29 is 0 Å². The second kappa shape index (κ2) is 4.84. The van der Waals surface area contributed by atoms with E-state index in [1.165, 1.54) is 20.2 Å². The van der Waals surface area contributed by atoms with Gasteiger partial charge in [0.15, 0.2) is 7.28 Å². The molecule has 0 saturated carbocycles. The first-order valence-corrected chi connectivity index (χ1v) is 6.22. The first kappa shape index (κ1) is 10.7. The Labute approximate surface area is 105 Å². The molecule has 0 aromatic heterocycles. The summed E-state index contributed by atoms with van der Waals surface area (Å²) < 4.78 is 1.28. The summed E-state index contributed by atoms with van der Waals surface area (Å²) in [5, 5.41) is 0. The van der Waals surface area contributed by atoms with Crippen LogP contribution < -0.4 is 5.46 Å². The number of hydrogen-bond acceptors (Lipinski definition) is 0. The fourth-order valence-corrected chi connectivity index (χ4v) is 1.93. The van der Waals surface area contributed by atoms with Gasteiger partial charge in [0.1, 0.15) is 0 Å². The zero-order chi connectivity index (χ0) is 10.7. The highest BCUT2D eigenvalue weighted by molar-refractivity contribution is 14.1. The van der Waals surface area contributed by atoms with Crippen LogP contribution in [0.15, 0.2) is 48.5 Å². The number of hydrogen-bond donors (Lipinski definition) is 0. The first-order valence-electron chi connectivity index (χ1n) is 5.14. The molecule has 2 aromatic rings. The Bertz CT molecular complexity index is 431. The molecule has 0 N–H and O–H groups in total. The molecule has 0 aliphatic heterocycles. The van der Waals surface area contributed by atoms with E-state index in [-0.39, 0.29) is 0 Å². The Morgan fingerprint density at radius 2 is 1.27 bits per heavy atom. The molecule has 74 valence electrons. The molecule has 0 spiro atoms. The molecule has 0 heterocycles. The standard InChI is InChI=1S/C13H12BI/c1-14-12-6-2-10(3-7-12)11-4-8-13(15)9-5-11/h2-9,14H,1H3. The van der Waals surface area contributed by atoms with Crippen molar-refractivity contribution in [2.45, 2.75) is 6.82 Å². The van der Waals surface area contributed by atoms with Crippen LogP contribution in [0.4, 0.5) is 0 Å². The lowest BCUT2D eigenvalue weighted by atomic mass is 9.73. The Balaban J connectivity index is 2.33. The fraction of sp³-hybridized carbons (Fsp3) is 0.0769. The molecule has 0 amide bonds. The Hall–Kier alpha value is -0.765. The van der Waals surface area contributed by atoms with Gasteiger partial charge >= 0.3 is 0 Å². The molecule has 2 heteroatoms. The van der Waals surface area contributed by atoms with Crippen molar-refractivity contribution in [1.29, 1.82) is 0 Å². The van der Waals surface area contributed by atoms with Crippen LogP contribution in [0.1, 0.15) is 0 Å². The van der Waals surface area contributed by atoms with Crippen LogP contribution in [0.25, 0.3) is 11.1 Å². The molecule has 0 saturated heterocycles. The van der Waals surface area contributed by atoms with Crippen molar-refractivity contribution in [1.82, 2.24) is 0 Å². The largest absolute Gasteiger partial charge is 0.154 e. The summed E-state index contributed by atoms with van der Waals surface area (Å²) in [6.07, 6.45) is 0. The van der Waals surface area contributed by atoms with Crippen LogP contribution in [-0.2, 0) is 0 Å². The summed E-state index contributed by atoms with van der Waals surface area (Å²) in [5.74, 6) is 0. The molecule has 0 bridgehead atoms. The van der Waals surface area contributed by atoms with Crippen molar-refractivity contribution in [2.75, 3.05) is 0 Å². The minimum Gasteiger partial charge on any atom is -0.0849 e. The van der Waals surface area contributed by atoms with E-state index in [1.807, 2.05) is 0 Å². The van der Waals surface area contributed by atoms with E-state index in [0.29, 0.717) is 0 Å². The van der Waals surface area contributed by atoms with Crippen LogP contribution in [0, 0.1) is 3.57 Å². The van der Waals surface area contributed by atoms with Crippen LogP contribution in [0.5, 0.6) is 0 Å². The molecule has 2 rings (SSSR count). The van der Waals surface area contributed by atoms with Gasteiger partial charge in [-0.1, -0.05) is 48.7 Å². The monoisotopic (exact) mass is 306 g/mol. The van der Waals surface area contributed by atoms with Gasteiger partial charge in [0.25, 0.3) is 0 Å². The van der Waals surface area contributed by atoms with Crippen molar-refractivity contribution in [3.05, 3.63) is 52.1 Å². The molecule has 0 atom stereocenters. The molecule has 0 fully saturated rings. The van der Waals surface area contributed by atoms with Crippen LogP contribution in [0.2, 0.25) is 6.82 Å². The third-order valence-corrected chi connectivity index (χ3v) is 3.26. The molecule has 15 heavy (non-hydrogen) atoms. The van der Waals surface area contributed by atoms with E-state index < -0.39 is 0 Å². The minimum atomic E-state index is 1.10. The van der Waals surface area contributed by atoms with Crippen LogP contribution in [0.3, 0.4) is 0 Å². The van der Waals surface area contributed by atoms with Gasteiger partial charge in [0, 0.05) is 3.57 Å². The molecular weight excluding hydrogens is 294 g/mol. The second-order valence-electron chi connectivity index (χ2n) is 3.56. The first-order chi connectivity index (χ1) is 7.29. The van der Waals surface area contributed by atoms with Gasteiger partial charge in [0.05, 0.1) is 0 Å². The minimum absolute atomic E-state index is 1.10. The quantitative estimate of drug-likeness (QED) is 0.591. The highest BCUT2D eigenvalue weighted by atomic mass is 127.